The lowest BCUT2D eigenvalue weighted by Crippen LogP contribution is -2.65. The number of hydrogen-bond donors (Lipinski definition) is 8. The van der Waals surface area contributed by atoms with Gasteiger partial charge in [0.2, 0.25) is 0 Å². The molecule has 3 saturated carbocycles. The summed E-state index contributed by atoms with van der Waals surface area (Å²) in [7, 11) is 0. The number of rotatable bonds is 8. The van der Waals surface area contributed by atoms with Crippen LogP contribution in [0.5, 0.6) is 0 Å². The molecular weight excluding hydrogens is 784 g/mol. The van der Waals surface area contributed by atoms with E-state index < -0.39 is 105 Å². The van der Waals surface area contributed by atoms with E-state index in [1.807, 2.05) is 0 Å². The molecule has 0 aromatic heterocycles. The van der Waals surface area contributed by atoms with Crippen LogP contribution in [0.4, 0.5) is 0 Å². The van der Waals surface area contributed by atoms with E-state index in [0.717, 1.165) is 45.1 Å². The number of aliphatic hydroxyl groups is 8. The van der Waals surface area contributed by atoms with Crippen LogP contribution in [0, 0.1) is 46.3 Å². The fourth-order valence-electron chi connectivity index (χ4n) is 13.8. The molecule has 8 fully saturated rings. The van der Waals surface area contributed by atoms with Crippen molar-refractivity contribution in [2.24, 2.45) is 46.3 Å². The molecule has 16 heteroatoms. The van der Waals surface area contributed by atoms with Crippen molar-refractivity contribution in [3.8, 4) is 0 Å². The average molecular weight is 855 g/mol. The van der Waals surface area contributed by atoms with Gasteiger partial charge in [0.1, 0.15) is 61.0 Å². The van der Waals surface area contributed by atoms with Crippen LogP contribution in [0.25, 0.3) is 0 Å². The third-order valence-corrected chi connectivity index (χ3v) is 17.3. The minimum Gasteiger partial charge on any atom is -0.394 e. The Bertz CT molecular complexity index is 1560. The Hall–Kier alpha value is -0.900. The van der Waals surface area contributed by atoms with Crippen molar-refractivity contribution in [1.82, 2.24) is 0 Å². The molecule has 0 unspecified atom stereocenters. The molecule has 9 aliphatic rings. The first kappa shape index (κ1) is 44.3. The maximum absolute atomic E-state index is 12.0. The third kappa shape index (κ3) is 7.10. The van der Waals surface area contributed by atoms with Crippen LogP contribution in [0.1, 0.15) is 92.4 Å². The van der Waals surface area contributed by atoms with Gasteiger partial charge in [-0.1, -0.05) is 39.3 Å². The zero-order valence-corrected chi connectivity index (χ0v) is 35.6. The second kappa shape index (κ2) is 16.5. The molecule has 5 aliphatic heterocycles. The van der Waals surface area contributed by atoms with Crippen LogP contribution in [-0.2, 0) is 37.9 Å². The molecule has 5 saturated heterocycles. The molecule has 16 nitrogen and oxygen atoms in total. The van der Waals surface area contributed by atoms with Gasteiger partial charge in [-0.15, -0.1) is 0 Å². The number of aliphatic hydroxyl groups excluding tert-OH is 8. The van der Waals surface area contributed by atoms with Gasteiger partial charge >= 0.3 is 0 Å². The predicted molar refractivity (Wildman–Crippen MR) is 208 cm³/mol. The Morgan fingerprint density at radius 1 is 0.700 bits per heavy atom. The summed E-state index contributed by atoms with van der Waals surface area (Å²) >= 11 is 0. The van der Waals surface area contributed by atoms with Crippen LogP contribution >= 0.6 is 0 Å². The molecule has 60 heavy (non-hydrogen) atoms. The normalized spacial score (nSPS) is 57.7. The highest BCUT2D eigenvalue weighted by Crippen LogP contribution is 2.70. The van der Waals surface area contributed by atoms with Gasteiger partial charge in [-0.25, -0.2) is 0 Å². The van der Waals surface area contributed by atoms with E-state index in [4.69, 9.17) is 37.9 Å². The second-order valence-corrected chi connectivity index (χ2v) is 20.6. The highest BCUT2D eigenvalue weighted by Gasteiger charge is 2.69. The van der Waals surface area contributed by atoms with E-state index in [2.05, 4.69) is 33.8 Å². The Morgan fingerprint density at radius 3 is 2.08 bits per heavy atom. The van der Waals surface area contributed by atoms with E-state index in [1.54, 1.807) is 0 Å². The lowest BCUT2D eigenvalue weighted by Gasteiger charge is -2.58. The minimum absolute atomic E-state index is 0.00194. The van der Waals surface area contributed by atoms with Crippen LogP contribution in [0.15, 0.2) is 11.6 Å². The Morgan fingerprint density at radius 2 is 1.38 bits per heavy atom. The number of fused-ring (bicyclic) bond motifs is 7. The highest BCUT2D eigenvalue weighted by molar-refractivity contribution is 5.26. The monoisotopic (exact) mass is 854 g/mol. The second-order valence-electron chi connectivity index (χ2n) is 20.6. The zero-order valence-electron chi connectivity index (χ0n) is 35.6. The topological polar surface area (TPSA) is 236 Å². The summed E-state index contributed by atoms with van der Waals surface area (Å²) in [6.45, 7) is 10.6. The van der Waals surface area contributed by atoms with E-state index >= 15 is 0 Å². The van der Waals surface area contributed by atoms with Crippen molar-refractivity contribution in [3.05, 3.63) is 11.6 Å². The Balaban J connectivity index is 0.901. The lowest BCUT2D eigenvalue weighted by atomic mass is 9.47. The summed E-state index contributed by atoms with van der Waals surface area (Å²) in [5.74, 6) is 2.69. The van der Waals surface area contributed by atoms with Crippen molar-refractivity contribution in [1.29, 1.82) is 0 Å². The van der Waals surface area contributed by atoms with Crippen molar-refractivity contribution in [2.45, 2.75) is 196 Å². The van der Waals surface area contributed by atoms with Gasteiger partial charge < -0.3 is 78.7 Å². The van der Waals surface area contributed by atoms with Crippen LogP contribution in [0.2, 0.25) is 0 Å². The first-order valence-corrected chi connectivity index (χ1v) is 22.8. The number of allylic oxidation sites excluding steroid dienone is 1. The summed E-state index contributed by atoms with van der Waals surface area (Å²) < 4.78 is 49.7. The average Bonchev–Trinajstić information content (AvgIpc) is 3.79. The first-order valence-electron chi connectivity index (χ1n) is 22.8. The molecule has 5 heterocycles. The van der Waals surface area contributed by atoms with Gasteiger partial charge in [0.25, 0.3) is 0 Å². The summed E-state index contributed by atoms with van der Waals surface area (Å²) in [6, 6.07) is 0. The van der Waals surface area contributed by atoms with E-state index in [0.29, 0.717) is 48.3 Å². The van der Waals surface area contributed by atoms with Crippen molar-refractivity contribution in [3.63, 3.8) is 0 Å². The maximum Gasteiger partial charge on any atom is 0.187 e. The molecule has 0 aromatic rings. The standard InChI is InChI=1S/C44H70O16/c1-19-8-13-44(53-18-19)20(2)30-27(60-44)15-26-24-7-6-22-14-23(9-11-42(22,4)25(24)10-12-43(26,30)5)55-41-36(52)38(59-39-35(51)33(49)31(47)21(3)54-39)37(29(17-46)57-41)58-40-34(50)32(48)28(16-45)56-40/h6,19-21,23-41,45-52H,7-18H2,1-5H3/t19-,20+,21+,23+,24-,25+,26+,27+,28+,29-,30+,31+,32+,33-,34-,35-,36-,37-,38-,39+,40+,41-,42+,43+,44-/m1/s1. The summed E-state index contributed by atoms with van der Waals surface area (Å²) in [5, 5.41) is 85.0. The molecule has 0 aromatic carbocycles. The summed E-state index contributed by atoms with van der Waals surface area (Å²) in [4.78, 5) is 0. The molecule has 0 bridgehead atoms. The fraction of sp³-hybridized carbons (Fsp3) is 0.955. The lowest BCUT2D eigenvalue weighted by molar-refractivity contribution is -0.376. The largest absolute Gasteiger partial charge is 0.394 e. The van der Waals surface area contributed by atoms with Crippen LogP contribution < -0.4 is 0 Å². The Kier molecular flexibility index (Phi) is 12.2. The van der Waals surface area contributed by atoms with Gasteiger partial charge in [-0.2, -0.15) is 0 Å². The van der Waals surface area contributed by atoms with Crippen molar-refractivity contribution < 1.29 is 78.7 Å². The SMILES string of the molecule is C[C@@H]1CC[C@@]2(OC1)O[C@H]1C[C@H]3[C@@H]4CC=C5C[C@@H](O[C@@H]6O[C@H](CO)[C@@H](O[C@@H]7O[C@@H](CO)[C@H](O)[C@H]7O)[C@H](O[C@@H]7O[C@@H](C)[C@H](O)[C@@H](O)[C@H]7O)[C@H]6O)CC[C@]5(C)[C@H]4CC[C@]3(C)[C@H]1[C@@H]2C. The van der Waals surface area contributed by atoms with Gasteiger partial charge in [-0.05, 0) is 98.7 Å². The highest BCUT2D eigenvalue weighted by atomic mass is 16.8. The van der Waals surface area contributed by atoms with E-state index in [-0.39, 0.29) is 23.0 Å². The molecule has 1 spiro atoms. The molecule has 8 N–H and O–H groups in total. The van der Waals surface area contributed by atoms with Gasteiger partial charge in [0, 0.05) is 12.3 Å². The molecular formula is C44H70O16. The van der Waals surface area contributed by atoms with Gasteiger partial charge in [-0.3, -0.25) is 0 Å². The van der Waals surface area contributed by atoms with E-state index in [1.165, 1.54) is 18.9 Å². The van der Waals surface area contributed by atoms with Crippen molar-refractivity contribution in [2.75, 3.05) is 19.8 Å². The zero-order chi connectivity index (χ0) is 42.6. The predicted octanol–water partition coefficient (Wildman–Crippen LogP) is 0.853. The first-order chi connectivity index (χ1) is 28.5. The van der Waals surface area contributed by atoms with Gasteiger partial charge in [0.05, 0.1) is 38.1 Å². The minimum atomic E-state index is -1.73. The van der Waals surface area contributed by atoms with Crippen LogP contribution in [0.3, 0.4) is 0 Å². The smallest absolute Gasteiger partial charge is 0.187 e. The summed E-state index contributed by atoms with van der Waals surface area (Å²) in [5.41, 5.74) is 1.56. The van der Waals surface area contributed by atoms with Crippen LogP contribution in [-0.4, -0.2) is 165 Å². The molecule has 9 rings (SSSR count). The third-order valence-electron chi connectivity index (χ3n) is 17.3. The molecule has 4 aliphatic carbocycles. The number of hydrogen-bond acceptors (Lipinski definition) is 16. The summed E-state index contributed by atoms with van der Waals surface area (Å²) in [6.07, 6.45) is -8.89. The van der Waals surface area contributed by atoms with E-state index in [9.17, 15) is 40.9 Å². The molecule has 0 amide bonds. The van der Waals surface area contributed by atoms with Gasteiger partial charge in [0.15, 0.2) is 24.7 Å². The maximum atomic E-state index is 12.0. The quantitative estimate of drug-likeness (QED) is 0.158. The fourth-order valence-corrected chi connectivity index (χ4v) is 13.8. The molecule has 342 valence electrons. The number of ether oxygens (including phenoxy) is 8. The molecule has 25 atom stereocenters. The van der Waals surface area contributed by atoms with Crippen molar-refractivity contribution >= 4 is 0 Å². The molecule has 0 radical (unpaired) electrons. The Labute approximate surface area is 352 Å².